The number of pyridine rings is 1. The minimum Gasteiger partial charge on any atom is -0.505 e. The second-order valence-electron chi connectivity index (χ2n) is 5.90. The number of ketones is 1. The molecule has 0 radical (unpaired) electrons. The number of ether oxygens (including phenoxy) is 1. The zero-order valence-corrected chi connectivity index (χ0v) is 14.4. The van der Waals surface area contributed by atoms with Crippen molar-refractivity contribution in [2.75, 3.05) is 6.54 Å². The summed E-state index contributed by atoms with van der Waals surface area (Å²) in [6.07, 6.45) is 0. The molecule has 0 atom stereocenters. The van der Waals surface area contributed by atoms with Crippen LogP contribution in [0.3, 0.4) is 0 Å². The summed E-state index contributed by atoms with van der Waals surface area (Å²) in [6, 6.07) is 14.5. The maximum absolute atomic E-state index is 12.2. The van der Waals surface area contributed by atoms with E-state index in [4.69, 9.17) is 4.74 Å². The van der Waals surface area contributed by atoms with Crippen molar-refractivity contribution in [1.29, 1.82) is 0 Å². The highest BCUT2D eigenvalue weighted by Crippen LogP contribution is 2.33. The van der Waals surface area contributed by atoms with E-state index in [0.717, 1.165) is 0 Å². The predicted molar refractivity (Wildman–Crippen MR) is 97.7 cm³/mol. The second-order valence-corrected chi connectivity index (χ2v) is 5.90. The van der Waals surface area contributed by atoms with Crippen LogP contribution in [0.1, 0.15) is 23.1 Å². The van der Waals surface area contributed by atoms with Crippen LogP contribution in [0.15, 0.2) is 48.5 Å². The number of rotatable bonds is 5. The van der Waals surface area contributed by atoms with Crippen LogP contribution in [-0.4, -0.2) is 28.3 Å². The average molecular weight is 350 g/mol. The Hall–Kier alpha value is -3.41. The lowest BCUT2D eigenvalue weighted by Crippen LogP contribution is -2.29. The lowest BCUT2D eigenvalue weighted by atomic mass is 10.1. The number of para-hydroxylation sites is 1. The van der Waals surface area contributed by atoms with Gasteiger partial charge in [-0.25, -0.2) is 4.98 Å². The van der Waals surface area contributed by atoms with Crippen molar-refractivity contribution >= 4 is 22.5 Å². The Kier molecular flexibility index (Phi) is 4.84. The fourth-order valence-electron chi connectivity index (χ4n) is 2.57. The molecule has 1 aromatic heterocycles. The lowest BCUT2D eigenvalue weighted by molar-refractivity contribution is -0.116. The Bertz CT molecular complexity index is 984. The average Bonchev–Trinajstić information content (AvgIpc) is 2.63. The van der Waals surface area contributed by atoms with Crippen LogP contribution in [0.4, 0.5) is 0 Å². The van der Waals surface area contributed by atoms with Gasteiger partial charge in [-0.1, -0.05) is 18.2 Å². The number of aromatic hydroxyl groups is 1. The quantitative estimate of drug-likeness (QED) is 0.736. The molecular weight excluding hydrogens is 332 g/mol. The predicted octanol–water partition coefficient (Wildman–Crippen LogP) is 3.36. The highest BCUT2D eigenvalue weighted by molar-refractivity contribution is 6.03. The Labute approximate surface area is 150 Å². The van der Waals surface area contributed by atoms with Crippen molar-refractivity contribution in [2.24, 2.45) is 0 Å². The van der Waals surface area contributed by atoms with E-state index in [1.54, 1.807) is 25.1 Å². The summed E-state index contributed by atoms with van der Waals surface area (Å²) < 4.78 is 5.80. The third-order valence-electron chi connectivity index (χ3n) is 3.83. The van der Waals surface area contributed by atoms with E-state index in [-0.39, 0.29) is 23.8 Å². The van der Waals surface area contributed by atoms with Crippen molar-refractivity contribution in [3.63, 3.8) is 0 Å². The number of hydrogen-bond acceptors (Lipinski definition) is 5. The van der Waals surface area contributed by atoms with Gasteiger partial charge in [-0.2, -0.15) is 0 Å². The number of hydrogen-bond donors (Lipinski definition) is 2. The molecule has 3 aromatic rings. The standard InChI is InChI=1S/C20H18N2O4/c1-12(23)11-21-20(25)18-19(24)16-9-8-15(10-17(16)13(2)22-18)26-14-6-4-3-5-7-14/h3-10,24H,11H2,1-2H3,(H,21,25). The number of benzene rings is 2. The summed E-state index contributed by atoms with van der Waals surface area (Å²) in [5.41, 5.74) is 0.470. The van der Waals surface area contributed by atoms with Crippen LogP contribution < -0.4 is 10.1 Å². The number of fused-ring (bicyclic) bond motifs is 1. The lowest BCUT2D eigenvalue weighted by Gasteiger charge is -2.12. The minimum atomic E-state index is -0.590. The second kappa shape index (κ2) is 7.23. The largest absolute Gasteiger partial charge is 0.505 e. The Balaban J connectivity index is 1.96. The van der Waals surface area contributed by atoms with Gasteiger partial charge in [-0.05, 0) is 44.2 Å². The van der Waals surface area contributed by atoms with E-state index >= 15 is 0 Å². The van der Waals surface area contributed by atoms with Gasteiger partial charge in [0, 0.05) is 16.5 Å². The SMILES string of the molecule is CC(=O)CNC(=O)c1nc(C)c2cc(Oc3ccccc3)ccc2c1O. The van der Waals surface area contributed by atoms with E-state index in [1.165, 1.54) is 6.92 Å². The maximum Gasteiger partial charge on any atom is 0.274 e. The number of carbonyl (C=O) groups excluding carboxylic acids is 2. The summed E-state index contributed by atoms with van der Waals surface area (Å²) in [5, 5.41) is 14.1. The van der Waals surface area contributed by atoms with Gasteiger partial charge in [0.25, 0.3) is 5.91 Å². The molecule has 3 rings (SSSR count). The first-order valence-corrected chi connectivity index (χ1v) is 8.09. The number of aromatic nitrogens is 1. The van der Waals surface area contributed by atoms with E-state index in [0.29, 0.717) is 28.0 Å². The molecular formula is C20H18N2O4. The van der Waals surface area contributed by atoms with Crippen LogP contribution in [0, 0.1) is 6.92 Å². The topological polar surface area (TPSA) is 88.5 Å². The van der Waals surface area contributed by atoms with Crippen molar-refractivity contribution in [3.05, 3.63) is 59.9 Å². The number of carbonyl (C=O) groups is 2. The molecule has 0 fully saturated rings. The van der Waals surface area contributed by atoms with E-state index in [2.05, 4.69) is 10.3 Å². The van der Waals surface area contributed by atoms with Gasteiger partial charge in [-0.3, -0.25) is 9.59 Å². The van der Waals surface area contributed by atoms with Gasteiger partial charge in [0.2, 0.25) is 0 Å². The first kappa shape index (κ1) is 17.4. The molecule has 0 bridgehead atoms. The molecule has 6 heteroatoms. The molecule has 0 aliphatic heterocycles. The molecule has 0 aliphatic carbocycles. The molecule has 0 unspecified atom stereocenters. The van der Waals surface area contributed by atoms with Gasteiger partial charge in [0.05, 0.1) is 6.54 Å². The molecule has 2 N–H and O–H groups in total. The van der Waals surface area contributed by atoms with Crippen LogP contribution in [0.5, 0.6) is 17.2 Å². The van der Waals surface area contributed by atoms with Crippen LogP contribution in [-0.2, 0) is 4.79 Å². The Morgan fingerprint density at radius 2 is 1.81 bits per heavy atom. The summed E-state index contributed by atoms with van der Waals surface area (Å²) >= 11 is 0. The molecule has 1 amide bonds. The molecule has 0 saturated heterocycles. The third kappa shape index (κ3) is 3.64. The van der Waals surface area contributed by atoms with Crippen LogP contribution in [0.2, 0.25) is 0 Å². The summed E-state index contributed by atoms with van der Waals surface area (Å²) in [5.74, 6) is 0.298. The molecule has 0 spiro atoms. The fourth-order valence-corrected chi connectivity index (χ4v) is 2.57. The zero-order chi connectivity index (χ0) is 18.7. The maximum atomic E-state index is 12.2. The number of amides is 1. The van der Waals surface area contributed by atoms with Gasteiger partial charge >= 0.3 is 0 Å². The normalized spacial score (nSPS) is 10.5. The monoisotopic (exact) mass is 350 g/mol. The zero-order valence-electron chi connectivity index (χ0n) is 14.4. The number of Topliss-reactive ketones (excluding diaryl/α,β-unsaturated/α-hetero) is 1. The van der Waals surface area contributed by atoms with Gasteiger partial charge < -0.3 is 15.2 Å². The van der Waals surface area contributed by atoms with Gasteiger partial charge in [0.15, 0.2) is 11.4 Å². The molecule has 26 heavy (non-hydrogen) atoms. The van der Waals surface area contributed by atoms with Crippen molar-refractivity contribution in [2.45, 2.75) is 13.8 Å². The molecule has 2 aromatic carbocycles. The molecule has 0 saturated carbocycles. The number of aryl methyl sites for hydroxylation is 1. The van der Waals surface area contributed by atoms with Crippen LogP contribution in [0.25, 0.3) is 10.8 Å². The Morgan fingerprint density at radius 3 is 2.50 bits per heavy atom. The van der Waals surface area contributed by atoms with Crippen molar-refractivity contribution in [3.8, 4) is 17.2 Å². The minimum absolute atomic E-state index is 0.104. The summed E-state index contributed by atoms with van der Waals surface area (Å²) in [6.45, 7) is 3.00. The molecule has 132 valence electrons. The molecule has 1 heterocycles. The number of nitrogens with zero attached hydrogens (tertiary/aromatic N) is 1. The summed E-state index contributed by atoms with van der Waals surface area (Å²) in [4.78, 5) is 27.4. The van der Waals surface area contributed by atoms with E-state index in [9.17, 15) is 14.7 Å². The van der Waals surface area contributed by atoms with Gasteiger partial charge in [0.1, 0.15) is 17.3 Å². The van der Waals surface area contributed by atoms with E-state index in [1.807, 2.05) is 30.3 Å². The summed E-state index contributed by atoms with van der Waals surface area (Å²) in [7, 11) is 0. The highest BCUT2D eigenvalue weighted by Gasteiger charge is 2.18. The molecule has 6 nitrogen and oxygen atoms in total. The highest BCUT2D eigenvalue weighted by atomic mass is 16.5. The first-order valence-electron chi connectivity index (χ1n) is 8.09. The third-order valence-corrected chi connectivity index (χ3v) is 3.83. The first-order chi connectivity index (χ1) is 12.5. The Morgan fingerprint density at radius 1 is 1.08 bits per heavy atom. The number of nitrogens with one attached hydrogen (secondary N) is 1. The fraction of sp³-hybridized carbons (Fsp3) is 0.150. The van der Waals surface area contributed by atoms with Crippen molar-refractivity contribution < 1.29 is 19.4 Å². The smallest absolute Gasteiger partial charge is 0.274 e. The van der Waals surface area contributed by atoms with Crippen LogP contribution >= 0.6 is 0 Å². The molecule has 0 aliphatic rings. The van der Waals surface area contributed by atoms with E-state index < -0.39 is 5.91 Å². The van der Waals surface area contributed by atoms with Crippen molar-refractivity contribution in [1.82, 2.24) is 10.3 Å². The van der Waals surface area contributed by atoms with Gasteiger partial charge in [-0.15, -0.1) is 0 Å².